The summed E-state index contributed by atoms with van der Waals surface area (Å²) in [7, 11) is 0. The number of hydrogen-bond acceptors (Lipinski definition) is 4. The molecule has 1 N–H and O–H groups in total. The van der Waals surface area contributed by atoms with Crippen LogP contribution in [0.1, 0.15) is 29.6 Å². The Kier molecular flexibility index (Phi) is 5.59. The van der Waals surface area contributed by atoms with E-state index in [1.807, 2.05) is 29.2 Å². The molecule has 3 fully saturated rings. The van der Waals surface area contributed by atoms with E-state index in [0.717, 1.165) is 31.7 Å². The Morgan fingerprint density at radius 1 is 1.15 bits per heavy atom. The number of benzene rings is 1. The highest BCUT2D eigenvalue weighted by molar-refractivity contribution is 5.98. The largest absolute Gasteiger partial charge is 0.375 e. The fraction of sp³-hybridized carbons (Fsp3) is 0.600. The Hall–Kier alpha value is -2.12. The van der Waals surface area contributed by atoms with Crippen LogP contribution in [0.2, 0.25) is 0 Å². The molecule has 146 valence electrons. The van der Waals surface area contributed by atoms with Crippen LogP contribution in [0.4, 0.5) is 10.5 Å². The smallest absolute Gasteiger partial charge is 0.321 e. The Morgan fingerprint density at radius 3 is 2.78 bits per heavy atom. The third-order valence-corrected chi connectivity index (χ3v) is 5.56. The fourth-order valence-corrected chi connectivity index (χ4v) is 4.15. The highest BCUT2D eigenvalue weighted by Crippen LogP contribution is 2.20. The summed E-state index contributed by atoms with van der Waals surface area (Å²) >= 11 is 0. The van der Waals surface area contributed by atoms with E-state index in [9.17, 15) is 9.59 Å². The minimum atomic E-state index is -0.103. The number of nitrogens with one attached hydrogen (secondary N) is 1. The molecule has 3 aliphatic rings. The van der Waals surface area contributed by atoms with Crippen molar-refractivity contribution in [2.75, 3.05) is 57.3 Å². The molecule has 3 amide bonds. The Morgan fingerprint density at radius 2 is 2.00 bits per heavy atom. The van der Waals surface area contributed by atoms with Gasteiger partial charge in [0.15, 0.2) is 0 Å². The third kappa shape index (κ3) is 4.25. The molecule has 0 bridgehead atoms. The van der Waals surface area contributed by atoms with Gasteiger partial charge in [0.2, 0.25) is 0 Å². The first-order valence-corrected chi connectivity index (χ1v) is 9.99. The first kappa shape index (κ1) is 18.3. The summed E-state index contributed by atoms with van der Waals surface area (Å²) in [4.78, 5) is 31.1. The maximum Gasteiger partial charge on any atom is 0.321 e. The maximum absolute atomic E-state index is 13.1. The minimum absolute atomic E-state index is 0.0216. The quantitative estimate of drug-likeness (QED) is 0.871. The van der Waals surface area contributed by atoms with Gasteiger partial charge in [-0.25, -0.2) is 4.79 Å². The van der Waals surface area contributed by atoms with Crippen molar-refractivity contribution in [3.05, 3.63) is 29.8 Å². The lowest BCUT2D eigenvalue weighted by molar-refractivity contribution is 0.0297. The average molecular weight is 372 g/mol. The van der Waals surface area contributed by atoms with Gasteiger partial charge >= 0.3 is 6.03 Å². The number of likely N-dealkylation sites (tertiary alicyclic amines) is 1. The van der Waals surface area contributed by atoms with Gasteiger partial charge in [0.25, 0.3) is 5.91 Å². The molecule has 0 spiro atoms. The van der Waals surface area contributed by atoms with Gasteiger partial charge in [0, 0.05) is 50.6 Å². The monoisotopic (exact) mass is 372 g/mol. The second-order valence-electron chi connectivity index (χ2n) is 7.54. The summed E-state index contributed by atoms with van der Waals surface area (Å²) in [5.41, 5.74) is 1.41. The maximum atomic E-state index is 13.1. The van der Waals surface area contributed by atoms with Crippen molar-refractivity contribution >= 4 is 17.6 Å². The Labute approximate surface area is 160 Å². The van der Waals surface area contributed by atoms with E-state index in [1.165, 1.54) is 12.8 Å². The molecule has 1 aromatic rings. The molecule has 3 saturated heterocycles. The molecule has 4 rings (SSSR count). The molecular formula is C20H28N4O3. The Bertz CT molecular complexity index is 690. The van der Waals surface area contributed by atoms with Gasteiger partial charge in [0.1, 0.15) is 0 Å². The first-order chi connectivity index (χ1) is 13.2. The highest BCUT2D eigenvalue weighted by Gasteiger charge is 2.27. The molecule has 0 radical (unpaired) electrons. The molecule has 3 heterocycles. The van der Waals surface area contributed by atoms with Crippen LogP contribution < -0.4 is 10.2 Å². The zero-order valence-corrected chi connectivity index (χ0v) is 15.7. The number of rotatable bonds is 4. The lowest BCUT2D eigenvalue weighted by Gasteiger charge is -2.27. The van der Waals surface area contributed by atoms with E-state index in [0.29, 0.717) is 38.3 Å². The fourth-order valence-electron chi connectivity index (χ4n) is 4.15. The van der Waals surface area contributed by atoms with Crippen molar-refractivity contribution in [3.8, 4) is 0 Å². The summed E-state index contributed by atoms with van der Waals surface area (Å²) in [6, 6.07) is 7.29. The second-order valence-corrected chi connectivity index (χ2v) is 7.54. The normalized spacial score (nSPS) is 24.1. The number of anilines is 1. The molecule has 1 aromatic carbocycles. The lowest BCUT2D eigenvalue weighted by Crippen LogP contribution is -2.42. The Balaban J connectivity index is 1.45. The van der Waals surface area contributed by atoms with Crippen molar-refractivity contribution in [2.45, 2.75) is 25.4 Å². The number of urea groups is 1. The number of hydrogen-bond donors (Lipinski definition) is 1. The number of carbonyl (C=O) groups excluding carboxylic acids is 2. The van der Waals surface area contributed by atoms with Crippen LogP contribution >= 0.6 is 0 Å². The van der Waals surface area contributed by atoms with Gasteiger partial charge in [0.05, 0.1) is 6.10 Å². The number of amides is 3. The molecule has 7 nitrogen and oxygen atoms in total. The van der Waals surface area contributed by atoms with Gasteiger partial charge < -0.3 is 19.9 Å². The third-order valence-electron chi connectivity index (χ3n) is 5.56. The molecule has 27 heavy (non-hydrogen) atoms. The van der Waals surface area contributed by atoms with Gasteiger partial charge in [-0.05, 0) is 50.6 Å². The zero-order valence-electron chi connectivity index (χ0n) is 15.7. The predicted molar refractivity (Wildman–Crippen MR) is 103 cm³/mol. The minimum Gasteiger partial charge on any atom is -0.375 e. The first-order valence-electron chi connectivity index (χ1n) is 9.99. The molecule has 0 saturated carbocycles. The van der Waals surface area contributed by atoms with E-state index >= 15 is 0 Å². The van der Waals surface area contributed by atoms with Gasteiger partial charge in [-0.2, -0.15) is 0 Å². The van der Waals surface area contributed by atoms with Crippen LogP contribution in [0.15, 0.2) is 24.3 Å². The van der Waals surface area contributed by atoms with Crippen molar-refractivity contribution in [3.63, 3.8) is 0 Å². The van der Waals surface area contributed by atoms with Crippen molar-refractivity contribution in [2.24, 2.45) is 0 Å². The summed E-state index contributed by atoms with van der Waals surface area (Å²) < 4.78 is 6.00. The summed E-state index contributed by atoms with van der Waals surface area (Å²) in [5.74, 6) is 0.0216. The van der Waals surface area contributed by atoms with Crippen LogP contribution in [-0.2, 0) is 4.74 Å². The van der Waals surface area contributed by atoms with Gasteiger partial charge in [-0.3, -0.25) is 9.69 Å². The van der Waals surface area contributed by atoms with Crippen molar-refractivity contribution < 1.29 is 14.3 Å². The van der Waals surface area contributed by atoms with E-state index in [2.05, 4.69) is 10.2 Å². The van der Waals surface area contributed by atoms with Crippen molar-refractivity contribution in [1.82, 2.24) is 15.1 Å². The van der Waals surface area contributed by atoms with Gasteiger partial charge in [-0.15, -0.1) is 0 Å². The molecule has 0 unspecified atom stereocenters. The molecular weight excluding hydrogens is 344 g/mol. The van der Waals surface area contributed by atoms with E-state index in [-0.39, 0.29) is 18.0 Å². The molecule has 1 atom stereocenters. The predicted octanol–water partition coefficient (Wildman–Crippen LogP) is 1.54. The van der Waals surface area contributed by atoms with Gasteiger partial charge in [-0.1, -0.05) is 6.07 Å². The van der Waals surface area contributed by atoms with E-state index < -0.39 is 0 Å². The lowest BCUT2D eigenvalue weighted by atomic mass is 10.1. The summed E-state index contributed by atoms with van der Waals surface area (Å²) in [5, 5.41) is 2.80. The van der Waals surface area contributed by atoms with Crippen LogP contribution in [0.25, 0.3) is 0 Å². The van der Waals surface area contributed by atoms with Crippen LogP contribution in [-0.4, -0.2) is 80.3 Å². The summed E-state index contributed by atoms with van der Waals surface area (Å²) in [6.07, 6.45) is 3.44. The van der Waals surface area contributed by atoms with E-state index in [4.69, 9.17) is 4.74 Å². The second kappa shape index (κ2) is 8.27. The molecule has 3 aliphatic heterocycles. The topological polar surface area (TPSA) is 65.1 Å². The number of carbonyl (C=O) groups is 2. The number of nitrogens with zero attached hydrogens (tertiary/aromatic N) is 3. The van der Waals surface area contributed by atoms with E-state index in [1.54, 1.807) is 4.90 Å². The highest BCUT2D eigenvalue weighted by atomic mass is 16.5. The zero-order chi connectivity index (χ0) is 18.6. The van der Waals surface area contributed by atoms with Crippen LogP contribution in [0.3, 0.4) is 0 Å². The summed E-state index contributed by atoms with van der Waals surface area (Å²) in [6.45, 7) is 6.48. The standard InChI is InChI=1S/C20H28N4O3/c25-19(16-5-3-6-17(13-16)24-11-7-21-20(24)26)23-10-4-12-27-18(15-23)14-22-8-1-2-9-22/h3,5-6,13,18H,1-2,4,7-12,14-15H2,(H,21,26)/t18-/m0/s1. The van der Waals surface area contributed by atoms with Crippen molar-refractivity contribution in [1.29, 1.82) is 0 Å². The molecule has 7 heteroatoms. The molecule has 0 aromatic heterocycles. The number of ether oxygens (including phenoxy) is 1. The average Bonchev–Trinajstić information content (AvgIpc) is 3.29. The van der Waals surface area contributed by atoms with Crippen LogP contribution in [0.5, 0.6) is 0 Å². The SMILES string of the molecule is O=C(c1cccc(N2CCNC2=O)c1)N1CCCO[C@@H](CN2CCCC2)C1. The molecule has 0 aliphatic carbocycles. The van der Waals surface area contributed by atoms with Crippen LogP contribution in [0, 0.1) is 0 Å².